The zero-order chi connectivity index (χ0) is 60.1. The van der Waals surface area contributed by atoms with E-state index in [1.807, 2.05) is 13.0 Å². The lowest BCUT2D eigenvalue weighted by Crippen LogP contribution is -2.26. The van der Waals surface area contributed by atoms with Gasteiger partial charge in [-0.05, 0) is 197 Å². The number of hydrogen-bond donors (Lipinski definition) is 0. The lowest BCUT2D eigenvalue weighted by molar-refractivity contribution is -0.124. The number of carbonyl (C=O) groups is 4. The smallest absolute Gasteiger partial charge is 0.202 e. The Morgan fingerprint density at radius 3 is 1.46 bits per heavy atom. The van der Waals surface area contributed by atoms with Gasteiger partial charge in [-0.15, -0.1) is 0 Å². The van der Waals surface area contributed by atoms with Gasteiger partial charge in [-0.1, -0.05) is 183 Å². The molecule has 7 heteroatoms. The molecule has 0 bridgehead atoms. The van der Waals surface area contributed by atoms with Crippen LogP contribution in [0, 0.1) is 95.2 Å². The van der Waals surface area contributed by atoms with Gasteiger partial charge in [0.25, 0.3) is 0 Å². The summed E-state index contributed by atoms with van der Waals surface area (Å²) in [6.45, 7) is 27.0. The van der Waals surface area contributed by atoms with Crippen LogP contribution in [0.2, 0.25) is 0 Å². The van der Waals surface area contributed by atoms with E-state index in [9.17, 15) is 23.6 Å². The third-order valence-electron chi connectivity index (χ3n) is 19.0. The van der Waals surface area contributed by atoms with Crippen LogP contribution in [0.25, 0.3) is 11.0 Å². The van der Waals surface area contributed by atoms with Crippen LogP contribution in [0.3, 0.4) is 0 Å². The highest BCUT2D eigenvalue weighted by Gasteiger charge is 2.39. The molecule has 6 nitrogen and oxygen atoms in total. The van der Waals surface area contributed by atoms with Crippen molar-refractivity contribution < 1.29 is 28.1 Å². The second-order valence-electron chi connectivity index (χ2n) is 26.8. The minimum Gasteiger partial charge on any atom is -0.353 e. The number of aromatic nitrogens is 1. The highest BCUT2D eigenvalue weighted by atomic mass is 19.1. The third kappa shape index (κ3) is 15.5. The molecule has 2 saturated carbocycles. The summed E-state index contributed by atoms with van der Waals surface area (Å²) in [5.41, 5.74) is 23.4. The SMILES string of the molecule is C=C1Cc2ccc(C)cc2CC1(C)C.CCC1Cc2cc(C)ccc2CC1=O.Cc1ccc2c(C)noc2c1F.Cc1ccc2c(c1)CC(C)C(=O)C2.Cc1ccc2c(c1)CC(C1CC1)C(=O)C2.Cc1ccc2c(c1)CC(CC1CC1)C(=O)C2. The monoisotopic (exact) mass is 1130 g/mol. The molecule has 0 N–H and O–H groups in total. The first-order valence-electron chi connectivity index (χ1n) is 31.2. The van der Waals surface area contributed by atoms with Crippen molar-refractivity contribution in [2.75, 3.05) is 0 Å². The zero-order valence-corrected chi connectivity index (χ0v) is 52.2. The van der Waals surface area contributed by atoms with Crippen LogP contribution in [0.15, 0.2) is 120 Å². The Morgan fingerprint density at radius 1 is 0.524 bits per heavy atom. The molecule has 7 aromatic rings. The highest BCUT2D eigenvalue weighted by molar-refractivity contribution is 5.88. The van der Waals surface area contributed by atoms with Gasteiger partial charge in [0.2, 0.25) is 5.58 Å². The number of halogens is 1. The summed E-state index contributed by atoms with van der Waals surface area (Å²) in [6, 6.07) is 36.2. The molecule has 4 unspecified atom stereocenters. The Kier molecular flexibility index (Phi) is 19.5. The Labute approximate surface area is 500 Å². The summed E-state index contributed by atoms with van der Waals surface area (Å²) in [5, 5.41) is 4.43. The van der Waals surface area contributed by atoms with Crippen molar-refractivity contribution in [1.29, 1.82) is 0 Å². The largest absolute Gasteiger partial charge is 0.353 e. The molecule has 0 spiro atoms. The van der Waals surface area contributed by atoms with E-state index in [2.05, 4.69) is 158 Å². The number of Topliss-reactive ketones (excluding diaryl/α,β-unsaturated/α-hetero) is 4. The minimum absolute atomic E-state index is 0.217. The Hall–Kier alpha value is -6.86. The predicted molar refractivity (Wildman–Crippen MR) is 339 cm³/mol. The molecular formula is C77H90FNO5. The van der Waals surface area contributed by atoms with Gasteiger partial charge in [0, 0.05) is 54.7 Å². The molecule has 1 aromatic heterocycles. The minimum atomic E-state index is -0.312. The Morgan fingerprint density at radius 2 is 0.964 bits per heavy atom. The maximum Gasteiger partial charge on any atom is 0.202 e. The number of ketones is 4. The van der Waals surface area contributed by atoms with E-state index >= 15 is 0 Å². The summed E-state index contributed by atoms with van der Waals surface area (Å²) in [6.07, 6.45) is 16.1. The topological polar surface area (TPSA) is 94.3 Å². The van der Waals surface area contributed by atoms with E-state index in [0.717, 1.165) is 68.4 Å². The summed E-state index contributed by atoms with van der Waals surface area (Å²) in [7, 11) is 0. The average Bonchev–Trinajstić information content (AvgIpc) is 4.62. The highest BCUT2D eigenvalue weighted by Crippen LogP contribution is 2.43. The van der Waals surface area contributed by atoms with Crippen molar-refractivity contribution in [1.82, 2.24) is 5.16 Å². The van der Waals surface area contributed by atoms with Crippen LogP contribution < -0.4 is 0 Å². The van der Waals surface area contributed by atoms with E-state index in [1.165, 1.54) is 115 Å². The molecule has 0 amide bonds. The molecule has 84 heavy (non-hydrogen) atoms. The van der Waals surface area contributed by atoms with Crippen LogP contribution in [0.4, 0.5) is 4.39 Å². The molecular weight excluding hydrogens is 1040 g/mol. The number of carbonyl (C=O) groups excluding carboxylic acids is 4. The molecule has 4 atom stereocenters. The van der Waals surface area contributed by atoms with Crippen LogP contribution in [0.5, 0.6) is 0 Å². The number of rotatable bonds is 4. The molecule has 1 heterocycles. The van der Waals surface area contributed by atoms with Crippen LogP contribution >= 0.6 is 0 Å². The van der Waals surface area contributed by atoms with Crippen molar-refractivity contribution in [3.63, 3.8) is 0 Å². The standard InChI is InChI=1S/C15H18O.C14H16O.C14H18.C13H16O.C12H14O.C9H8FNO/c1-10-2-5-12-9-15(16)14(7-11-3-4-11)8-13(12)6-10;1-9-2-3-11-8-14(15)13(10-4-5-10)7-12(11)6-9;1-10-5-6-12-8-11(2)14(3,4)9-13(12)7-10;1-3-10-7-12-6-9(2)4-5-11(12)8-13(10)14;1-8-3-4-10-7-12(13)9(2)6-11(10)5-8;1-5-3-4-7-6(2)11-12-9(7)8(5)10/h2,5-6,11,14H,3-4,7-9H2,1H3;2-3,6,10,13H,4-5,7-8H2,1H3;5-7H,2,8-9H2,1,3-4H3;4-6,10H,3,7-8H2,1-2H3;3-5,9H,6-7H2,1-2H3;3-4H,1-2H3. The summed E-state index contributed by atoms with van der Waals surface area (Å²) >= 11 is 0. The normalized spacial score (nSPS) is 20.6. The van der Waals surface area contributed by atoms with Gasteiger partial charge in [0.05, 0.1) is 5.69 Å². The van der Waals surface area contributed by atoms with Crippen molar-refractivity contribution in [2.24, 2.45) is 40.9 Å². The van der Waals surface area contributed by atoms with Gasteiger partial charge in [0.1, 0.15) is 23.1 Å². The van der Waals surface area contributed by atoms with Crippen molar-refractivity contribution in [3.8, 4) is 0 Å². The van der Waals surface area contributed by atoms with E-state index in [1.54, 1.807) is 19.9 Å². The van der Waals surface area contributed by atoms with Gasteiger partial charge in [-0.25, -0.2) is 4.39 Å². The predicted octanol–water partition coefficient (Wildman–Crippen LogP) is 17.0. The molecule has 0 aliphatic heterocycles. The second kappa shape index (κ2) is 26.6. The van der Waals surface area contributed by atoms with E-state index in [4.69, 9.17) is 4.52 Å². The number of nitrogens with zero attached hydrogens (tertiary/aromatic N) is 1. The van der Waals surface area contributed by atoms with Gasteiger partial charge < -0.3 is 4.52 Å². The number of hydrogen-bond acceptors (Lipinski definition) is 6. The van der Waals surface area contributed by atoms with Gasteiger partial charge in [0.15, 0.2) is 5.82 Å². The molecule has 6 aromatic carbocycles. The van der Waals surface area contributed by atoms with E-state index < -0.39 is 0 Å². The summed E-state index contributed by atoms with van der Waals surface area (Å²) < 4.78 is 18.1. The molecule has 0 radical (unpaired) electrons. The maximum atomic E-state index is 13.3. The quantitative estimate of drug-likeness (QED) is 0.163. The van der Waals surface area contributed by atoms with Crippen LogP contribution in [-0.2, 0) is 83.4 Å². The molecule has 14 rings (SSSR count). The lowest BCUT2D eigenvalue weighted by Gasteiger charge is -2.34. The first kappa shape index (κ1) is 61.7. The summed E-state index contributed by atoms with van der Waals surface area (Å²) in [4.78, 5) is 47.0. The number of fused-ring (bicyclic) bond motifs is 6. The third-order valence-corrected chi connectivity index (χ3v) is 19.0. The van der Waals surface area contributed by atoms with Crippen molar-refractivity contribution in [3.05, 3.63) is 216 Å². The van der Waals surface area contributed by atoms with Gasteiger partial charge >= 0.3 is 0 Å². The molecule has 7 aliphatic carbocycles. The Bertz CT molecular complexity index is 3600. The van der Waals surface area contributed by atoms with E-state index in [0.29, 0.717) is 72.1 Å². The Balaban J connectivity index is 0.000000121. The maximum absolute atomic E-state index is 13.3. The fraction of sp³-hybridized carbons (Fsp3) is 0.442. The average molecular weight is 1130 g/mol. The van der Waals surface area contributed by atoms with Gasteiger partial charge in [-0.3, -0.25) is 19.2 Å². The van der Waals surface area contributed by atoms with Gasteiger partial charge in [-0.2, -0.15) is 0 Å². The molecule has 7 aliphatic rings. The van der Waals surface area contributed by atoms with E-state index in [-0.39, 0.29) is 28.7 Å². The zero-order valence-electron chi connectivity index (χ0n) is 52.2. The molecule has 440 valence electrons. The second-order valence-corrected chi connectivity index (χ2v) is 26.8. The molecule has 0 saturated heterocycles. The van der Waals surface area contributed by atoms with Crippen LogP contribution in [-0.4, -0.2) is 28.3 Å². The van der Waals surface area contributed by atoms with Crippen LogP contribution in [0.1, 0.15) is 161 Å². The van der Waals surface area contributed by atoms with Crippen molar-refractivity contribution >= 4 is 34.1 Å². The fourth-order valence-corrected chi connectivity index (χ4v) is 13.0. The number of benzene rings is 6. The fourth-order valence-electron chi connectivity index (χ4n) is 13.0. The summed E-state index contributed by atoms with van der Waals surface area (Å²) in [5.74, 6) is 4.18. The first-order chi connectivity index (χ1) is 40.0. The van der Waals surface area contributed by atoms with Crippen molar-refractivity contribution in [2.45, 2.75) is 179 Å². The number of aryl methyl sites for hydroxylation is 7. The molecule has 2 fully saturated rings. The lowest BCUT2D eigenvalue weighted by atomic mass is 9.71. The first-order valence-corrected chi connectivity index (χ1v) is 31.2. The number of allylic oxidation sites excluding steroid dienone is 1.